The van der Waals surface area contributed by atoms with Crippen LogP contribution in [0.2, 0.25) is 0 Å². The Morgan fingerprint density at radius 1 is 0.963 bits per heavy atom. The number of hydrogen-bond acceptors (Lipinski definition) is 3. The molecule has 2 aromatic carbocycles. The van der Waals surface area contributed by atoms with Crippen molar-refractivity contribution in [3.63, 3.8) is 0 Å². The third-order valence-electron chi connectivity index (χ3n) is 4.28. The highest BCUT2D eigenvalue weighted by Crippen LogP contribution is 2.20. The van der Waals surface area contributed by atoms with Gasteiger partial charge in [0.05, 0.1) is 25.8 Å². The van der Waals surface area contributed by atoms with Gasteiger partial charge in [-0.2, -0.15) is 0 Å². The maximum absolute atomic E-state index is 12.1. The van der Waals surface area contributed by atoms with Crippen LogP contribution < -0.4 is 4.57 Å². The number of aryl methyl sites for hydroxylation is 2. The summed E-state index contributed by atoms with van der Waals surface area (Å²) in [6, 6.07) is 15.8. The van der Waals surface area contributed by atoms with Gasteiger partial charge in [0.2, 0.25) is 6.33 Å². The zero-order valence-electron chi connectivity index (χ0n) is 15.8. The first-order valence-electron chi connectivity index (χ1n) is 9.05. The van der Waals surface area contributed by atoms with E-state index in [0.717, 1.165) is 17.7 Å². The lowest BCUT2D eigenvalue weighted by Gasteiger charge is -2.07. The molecule has 3 aromatic rings. The molecule has 27 heavy (non-hydrogen) atoms. The number of rotatable bonds is 8. The van der Waals surface area contributed by atoms with E-state index in [1.807, 2.05) is 47.0 Å². The molecule has 0 N–H and O–H groups in total. The fourth-order valence-electron chi connectivity index (χ4n) is 2.73. The Labute approximate surface area is 159 Å². The topological polar surface area (TPSA) is 44.3 Å². The first-order valence-corrected chi connectivity index (χ1v) is 9.05. The van der Waals surface area contributed by atoms with E-state index in [-0.39, 0.29) is 12.6 Å². The molecule has 0 atom stereocenters. The molecule has 0 aliphatic heterocycles. The van der Waals surface area contributed by atoms with Gasteiger partial charge in [0.25, 0.3) is 0 Å². The van der Waals surface area contributed by atoms with E-state index < -0.39 is 0 Å². The van der Waals surface area contributed by atoms with E-state index in [1.165, 1.54) is 5.56 Å². The van der Waals surface area contributed by atoms with Crippen molar-refractivity contribution in [2.45, 2.75) is 13.5 Å². The monoisotopic (exact) mass is 365 g/mol. The fourth-order valence-corrected chi connectivity index (χ4v) is 2.73. The van der Waals surface area contributed by atoms with Gasteiger partial charge in [-0.1, -0.05) is 42.0 Å². The summed E-state index contributed by atoms with van der Waals surface area (Å²) in [6.45, 7) is 4.05. The SMILES string of the molecule is Cc1ccc(-c2ccc(C(=O)OCCOCCn3cc[n+](C)c3)cc2)cc1. The molecular formula is C22H25N2O3+. The van der Waals surface area contributed by atoms with E-state index in [1.54, 1.807) is 12.1 Å². The Kier molecular flexibility index (Phi) is 6.39. The molecule has 0 aliphatic carbocycles. The van der Waals surface area contributed by atoms with Crippen LogP contribution in [0.25, 0.3) is 11.1 Å². The molecule has 0 radical (unpaired) electrons. The molecule has 5 heteroatoms. The predicted octanol–water partition coefficient (Wildman–Crippen LogP) is 3.16. The molecule has 1 aromatic heterocycles. The molecule has 0 amide bonds. The first-order chi connectivity index (χ1) is 13.1. The number of esters is 1. The quantitative estimate of drug-likeness (QED) is 0.350. The number of benzene rings is 2. The molecule has 0 saturated carbocycles. The van der Waals surface area contributed by atoms with Crippen LogP contribution in [0.15, 0.2) is 67.3 Å². The molecule has 1 heterocycles. The van der Waals surface area contributed by atoms with Crippen LogP contribution >= 0.6 is 0 Å². The summed E-state index contributed by atoms with van der Waals surface area (Å²) >= 11 is 0. The van der Waals surface area contributed by atoms with Crippen molar-refractivity contribution in [2.75, 3.05) is 19.8 Å². The van der Waals surface area contributed by atoms with Gasteiger partial charge in [0.15, 0.2) is 0 Å². The highest BCUT2D eigenvalue weighted by Gasteiger charge is 2.07. The number of carbonyl (C=O) groups excluding carboxylic acids is 1. The third kappa shape index (κ3) is 5.53. The highest BCUT2D eigenvalue weighted by atomic mass is 16.6. The van der Waals surface area contributed by atoms with Crippen molar-refractivity contribution >= 4 is 5.97 Å². The molecule has 0 saturated heterocycles. The Bertz CT molecular complexity index is 867. The van der Waals surface area contributed by atoms with Gasteiger partial charge in [-0.15, -0.1) is 0 Å². The zero-order valence-corrected chi connectivity index (χ0v) is 15.8. The molecule has 0 spiro atoms. The number of hydrogen-bond donors (Lipinski definition) is 0. The highest BCUT2D eigenvalue weighted by molar-refractivity contribution is 5.90. The first kappa shape index (κ1) is 18.9. The summed E-state index contributed by atoms with van der Waals surface area (Å²) < 4.78 is 14.8. The molecule has 3 rings (SSSR count). The van der Waals surface area contributed by atoms with E-state index in [0.29, 0.717) is 18.8 Å². The number of ether oxygens (including phenoxy) is 2. The molecule has 0 fully saturated rings. The van der Waals surface area contributed by atoms with Gasteiger partial charge in [0, 0.05) is 0 Å². The van der Waals surface area contributed by atoms with Gasteiger partial charge in [-0.25, -0.2) is 13.9 Å². The molecule has 0 unspecified atom stereocenters. The number of imidazole rings is 1. The predicted molar refractivity (Wildman–Crippen MR) is 103 cm³/mol. The maximum atomic E-state index is 12.1. The lowest BCUT2D eigenvalue weighted by atomic mass is 10.0. The number of carbonyl (C=O) groups is 1. The van der Waals surface area contributed by atoms with Crippen LogP contribution in [0.5, 0.6) is 0 Å². The standard InChI is InChI=1S/C22H25N2O3/c1-18-3-5-19(6-4-18)20-7-9-21(10-8-20)22(25)27-16-15-26-14-13-24-12-11-23(2)17-24/h3-12,17H,13-16H2,1-2H3/q+1. The van der Waals surface area contributed by atoms with Crippen molar-refractivity contribution in [2.24, 2.45) is 7.05 Å². The number of aromatic nitrogens is 2. The summed E-state index contributed by atoms with van der Waals surface area (Å²) in [5.41, 5.74) is 3.98. The normalized spacial score (nSPS) is 10.7. The Morgan fingerprint density at radius 3 is 2.26 bits per heavy atom. The molecule has 140 valence electrons. The molecule has 5 nitrogen and oxygen atoms in total. The van der Waals surface area contributed by atoms with Crippen LogP contribution in [0.1, 0.15) is 15.9 Å². The summed E-state index contributed by atoms with van der Waals surface area (Å²) in [4.78, 5) is 12.1. The average Bonchev–Trinajstić information content (AvgIpc) is 3.10. The van der Waals surface area contributed by atoms with Crippen molar-refractivity contribution in [3.8, 4) is 11.1 Å². The third-order valence-corrected chi connectivity index (χ3v) is 4.28. The Morgan fingerprint density at radius 2 is 1.63 bits per heavy atom. The number of nitrogens with zero attached hydrogens (tertiary/aromatic N) is 2. The second kappa shape index (κ2) is 9.14. The van der Waals surface area contributed by atoms with Gasteiger partial charge in [-0.05, 0) is 30.2 Å². The van der Waals surface area contributed by atoms with Gasteiger partial charge in [0.1, 0.15) is 25.5 Å². The van der Waals surface area contributed by atoms with Crippen molar-refractivity contribution in [1.82, 2.24) is 4.57 Å². The minimum atomic E-state index is -0.327. The Balaban J connectivity index is 1.39. The lowest BCUT2D eigenvalue weighted by Crippen LogP contribution is -2.24. The lowest BCUT2D eigenvalue weighted by molar-refractivity contribution is -0.671. The maximum Gasteiger partial charge on any atom is 0.338 e. The van der Waals surface area contributed by atoms with Crippen LogP contribution in [-0.4, -0.2) is 30.4 Å². The van der Waals surface area contributed by atoms with E-state index in [4.69, 9.17) is 9.47 Å². The summed E-state index contributed by atoms with van der Waals surface area (Å²) in [5.74, 6) is -0.327. The van der Waals surface area contributed by atoms with Crippen LogP contribution in [0.4, 0.5) is 0 Å². The smallest absolute Gasteiger partial charge is 0.338 e. The van der Waals surface area contributed by atoms with Gasteiger partial charge in [-0.3, -0.25) is 0 Å². The van der Waals surface area contributed by atoms with Crippen molar-refractivity contribution in [1.29, 1.82) is 0 Å². The molecule has 0 aliphatic rings. The average molecular weight is 365 g/mol. The molecule has 0 bridgehead atoms. The van der Waals surface area contributed by atoms with E-state index in [9.17, 15) is 4.79 Å². The summed E-state index contributed by atoms with van der Waals surface area (Å²) in [6.07, 6.45) is 5.96. The Hall–Kier alpha value is -2.92. The largest absolute Gasteiger partial charge is 0.460 e. The van der Waals surface area contributed by atoms with Crippen LogP contribution in [0.3, 0.4) is 0 Å². The minimum absolute atomic E-state index is 0.248. The van der Waals surface area contributed by atoms with E-state index in [2.05, 4.69) is 31.2 Å². The van der Waals surface area contributed by atoms with Gasteiger partial charge >= 0.3 is 5.97 Å². The fraction of sp³-hybridized carbons (Fsp3) is 0.273. The van der Waals surface area contributed by atoms with Crippen molar-refractivity contribution in [3.05, 3.63) is 78.4 Å². The summed E-state index contributed by atoms with van der Waals surface area (Å²) in [7, 11) is 1.98. The molecular weight excluding hydrogens is 340 g/mol. The summed E-state index contributed by atoms with van der Waals surface area (Å²) in [5, 5.41) is 0. The zero-order chi connectivity index (χ0) is 19.1. The van der Waals surface area contributed by atoms with Crippen LogP contribution in [0, 0.1) is 6.92 Å². The van der Waals surface area contributed by atoms with E-state index >= 15 is 0 Å². The minimum Gasteiger partial charge on any atom is -0.460 e. The van der Waals surface area contributed by atoms with Crippen LogP contribution in [-0.2, 0) is 23.1 Å². The van der Waals surface area contributed by atoms with Crippen molar-refractivity contribution < 1.29 is 18.8 Å². The second-order valence-electron chi connectivity index (χ2n) is 6.51. The second-order valence-corrected chi connectivity index (χ2v) is 6.51. The van der Waals surface area contributed by atoms with Gasteiger partial charge < -0.3 is 9.47 Å².